The highest BCUT2D eigenvalue weighted by molar-refractivity contribution is 5.81. The lowest BCUT2D eigenvalue weighted by atomic mass is 10.1. The maximum absolute atomic E-state index is 4.32. The molecular formula is C20H12N2. The smallest absolute Gasteiger partial charge is 0.0702 e. The first kappa shape index (κ1) is 12.6. The molecule has 0 atom stereocenters. The molecule has 2 aromatic carbocycles. The fourth-order valence-electron chi connectivity index (χ4n) is 2.45. The van der Waals surface area contributed by atoms with Crippen LogP contribution in [0.5, 0.6) is 0 Å². The number of aromatic nitrogens is 2. The summed E-state index contributed by atoms with van der Waals surface area (Å²) in [4.78, 5) is 8.64. The van der Waals surface area contributed by atoms with Gasteiger partial charge in [0.05, 0.1) is 11.0 Å². The average Bonchev–Trinajstić information content (AvgIpc) is 2.59. The molecule has 2 heterocycles. The Labute approximate surface area is 128 Å². The Balaban J connectivity index is 1.73. The van der Waals surface area contributed by atoms with Crippen LogP contribution in [0.2, 0.25) is 0 Å². The Morgan fingerprint density at radius 1 is 0.591 bits per heavy atom. The van der Waals surface area contributed by atoms with Gasteiger partial charge in [0, 0.05) is 34.3 Å². The normalized spacial score (nSPS) is 10.4. The minimum Gasteiger partial charge on any atom is -0.256 e. The van der Waals surface area contributed by atoms with Crippen LogP contribution in [0.4, 0.5) is 0 Å². The Bertz CT molecular complexity index is 956. The van der Waals surface area contributed by atoms with Crippen molar-refractivity contribution in [1.29, 1.82) is 0 Å². The molecule has 22 heavy (non-hydrogen) atoms. The van der Waals surface area contributed by atoms with Crippen molar-refractivity contribution in [3.8, 4) is 11.8 Å². The minimum absolute atomic E-state index is 0.991. The molecule has 0 radical (unpaired) electrons. The highest BCUT2D eigenvalue weighted by Gasteiger charge is 1.96. The van der Waals surface area contributed by atoms with Crippen LogP contribution in [0, 0.1) is 11.8 Å². The first-order chi connectivity index (χ1) is 10.9. The molecule has 0 saturated carbocycles. The van der Waals surface area contributed by atoms with E-state index in [-0.39, 0.29) is 0 Å². The van der Waals surface area contributed by atoms with E-state index in [9.17, 15) is 0 Å². The van der Waals surface area contributed by atoms with Crippen molar-refractivity contribution in [1.82, 2.24) is 9.97 Å². The molecule has 0 unspecified atom stereocenters. The van der Waals surface area contributed by atoms with Gasteiger partial charge in [0.2, 0.25) is 0 Å². The highest BCUT2D eigenvalue weighted by atomic mass is 14.6. The van der Waals surface area contributed by atoms with Gasteiger partial charge in [0.15, 0.2) is 0 Å². The van der Waals surface area contributed by atoms with Crippen molar-refractivity contribution >= 4 is 21.8 Å². The fourth-order valence-corrected chi connectivity index (χ4v) is 2.45. The van der Waals surface area contributed by atoms with Crippen molar-refractivity contribution in [2.45, 2.75) is 0 Å². The summed E-state index contributed by atoms with van der Waals surface area (Å²) in [6, 6.07) is 20.1. The summed E-state index contributed by atoms with van der Waals surface area (Å²) in [5, 5.41) is 2.22. The van der Waals surface area contributed by atoms with Gasteiger partial charge in [-0.25, -0.2) is 0 Å². The number of rotatable bonds is 0. The molecule has 0 bridgehead atoms. The van der Waals surface area contributed by atoms with Gasteiger partial charge in [-0.2, -0.15) is 0 Å². The van der Waals surface area contributed by atoms with Crippen LogP contribution in [0.3, 0.4) is 0 Å². The molecule has 0 fully saturated rings. The molecule has 0 amide bonds. The molecule has 2 nitrogen and oxygen atoms in total. The molecule has 2 heteroatoms. The lowest BCUT2D eigenvalue weighted by Gasteiger charge is -1.98. The highest BCUT2D eigenvalue weighted by Crippen LogP contribution is 2.14. The molecule has 0 aliphatic carbocycles. The summed E-state index contributed by atoms with van der Waals surface area (Å²) in [6.07, 6.45) is 3.60. The molecule has 102 valence electrons. The zero-order valence-corrected chi connectivity index (χ0v) is 11.8. The second-order valence-corrected chi connectivity index (χ2v) is 5.07. The number of benzene rings is 2. The summed E-state index contributed by atoms with van der Waals surface area (Å²) in [6.45, 7) is 0. The van der Waals surface area contributed by atoms with Gasteiger partial charge in [-0.3, -0.25) is 9.97 Å². The molecule has 0 saturated heterocycles. The third-order valence-corrected chi connectivity index (χ3v) is 3.56. The maximum Gasteiger partial charge on any atom is 0.0702 e. The molecule has 0 N–H and O–H groups in total. The predicted octanol–water partition coefficient (Wildman–Crippen LogP) is 4.18. The topological polar surface area (TPSA) is 25.8 Å². The van der Waals surface area contributed by atoms with E-state index in [0.717, 1.165) is 32.9 Å². The summed E-state index contributed by atoms with van der Waals surface area (Å²) in [5.41, 5.74) is 3.97. The first-order valence-electron chi connectivity index (χ1n) is 7.10. The van der Waals surface area contributed by atoms with Gasteiger partial charge in [0.1, 0.15) is 0 Å². The molecule has 2 aromatic heterocycles. The lowest BCUT2D eigenvalue weighted by molar-refractivity contribution is 1.41. The summed E-state index contributed by atoms with van der Waals surface area (Å²) in [7, 11) is 0. The molecule has 4 aromatic rings. The van der Waals surface area contributed by atoms with Crippen molar-refractivity contribution in [3.05, 3.63) is 84.2 Å². The SMILES string of the molecule is C(#Cc1ccc2ncccc2c1)c1ccc2ncccc2c1. The van der Waals surface area contributed by atoms with Gasteiger partial charge < -0.3 is 0 Å². The third-order valence-electron chi connectivity index (χ3n) is 3.56. The van der Waals surface area contributed by atoms with Crippen LogP contribution < -0.4 is 0 Å². The monoisotopic (exact) mass is 280 g/mol. The number of fused-ring (bicyclic) bond motifs is 2. The van der Waals surface area contributed by atoms with E-state index in [1.165, 1.54) is 0 Å². The van der Waals surface area contributed by atoms with E-state index >= 15 is 0 Å². The van der Waals surface area contributed by atoms with Crippen LogP contribution in [-0.2, 0) is 0 Å². The van der Waals surface area contributed by atoms with Crippen LogP contribution in [0.25, 0.3) is 21.8 Å². The van der Waals surface area contributed by atoms with Crippen LogP contribution >= 0.6 is 0 Å². The number of hydrogen-bond donors (Lipinski definition) is 0. The zero-order valence-electron chi connectivity index (χ0n) is 11.8. The predicted molar refractivity (Wildman–Crippen MR) is 89.5 cm³/mol. The third kappa shape index (κ3) is 2.41. The Hall–Kier alpha value is -3.18. The second-order valence-electron chi connectivity index (χ2n) is 5.07. The minimum atomic E-state index is 0.991. The number of nitrogens with zero attached hydrogens (tertiary/aromatic N) is 2. The quantitative estimate of drug-likeness (QED) is 0.451. The molecule has 0 spiro atoms. The van der Waals surface area contributed by atoms with Gasteiger partial charge in [-0.05, 0) is 48.5 Å². The number of hydrogen-bond acceptors (Lipinski definition) is 2. The molecule has 0 aliphatic rings. The van der Waals surface area contributed by atoms with E-state index in [0.29, 0.717) is 0 Å². The second kappa shape index (κ2) is 5.31. The van der Waals surface area contributed by atoms with Crippen molar-refractivity contribution in [2.75, 3.05) is 0 Å². The van der Waals surface area contributed by atoms with E-state index in [1.54, 1.807) is 12.4 Å². The fraction of sp³-hybridized carbons (Fsp3) is 0. The summed E-state index contributed by atoms with van der Waals surface area (Å²) < 4.78 is 0. The van der Waals surface area contributed by atoms with Crippen molar-refractivity contribution in [2.24, 2.45) is 0 Å². The number of pyridine rings is 2. The van der Waals surface area contributed by atoms with E-state index in [1.807, 2.05) is 36.4 Å². The Morgan fingerprint density at radius 2 is 1.09 bits per heavy atom. The van der Waals surface area contributed by atoms with Gasteiger partial charge in [0.25, 0.3) is 0 Å². The largest absolute Gasteiger partial charge is 0.256 e. The van der Waals surface area contributed by atoms with Gasteiger partial charge >= 0.3 is 0 Å². The average molecular weight is 280 g/mol. The standard InChI is InChI=1S/C20H12N2/c1-3-17-13-15(7-9-19(17)21-11-1)5-6-16-8-10-20-18(14-16)4-2-12-22-20/h1-4,7-14H. The van der Waals surface area contributed by atoms with Crippen LogP contribution in [0.15, 0.2) is 73.1 Å². The van der Waals surface area contributed by atoms with Crippen LogP contribution in [0.1, 0.15) is 11.1 Å². The van der Waals surface area contributed by atoms with Crippen molar-refractivity contribution in [3.63, 3.8) is 0 Å². The van der Waals surface area contributed by atoms with E-state index < -0.39 is 0 Å². The maximum atomic E-state index is 4.32. The molecular weight excluding hydrogens is 268 g/mol. The van der Waals surface area contributed by atoms with Gasteiger partial charge in [-0.15, -0.1) is 0 Å². The zero-order chi connectivity index (χ0) is 14.8. The molecule has 4 rings (SSSR count). The van der Waals surface area contributed by atoms with Crippen LogP contribution in [-0.4, -0.2) is 9.97 Å². The summed E-state index contributed by atoms with van der Waals surface area (Å²) >= 11 is 0. The Kier molecular flexibility index (Phi) is 3.03. The summed E-state index contributed by atoms with van der Waals surface area (Å²) in [5.74, 6) is 6.44. The van der Waals surface area contributed by atoms with Gasteiger partial charge in [-0.1, -0.05) is 24.0 Å². The Morgan fingerprint density at radius 3 is 1.59 bits per heavy atom. The molecule has 0 aliphatic heterocycles. The lowest BCUT2D eigenvalue weighted by Crippen LogP contribution is -1.81. The van der Waals surface area contributed by atoms with Crippen molar-refractivity contribution < 1.29 is 0 Å². The first-order valence-corrected chi connectivity index (χ1v) is 7.10. The van der Waals surface area contributed by atoms with E-state index in [2.05, 4.69) is 46.1 Å². The van der Waals surface area contributed by atoms with E-state index in [4.69, 9.17) is 0 Å².